The van der Waals surface area contributed by atoms with Crippen LogP contribution < -0.4 is 4.74 Å². The second-order valence-electron chi connectivity index (χ2n) is 24.4. The van der Waals surface area contributed by atoms with Gasteiger partial charge in [-0.15, -0.1) is 0 Å². The molecule has 0 atom stereocenters. The fourth-order valence-corrected chi connectivity index (χ4v) is 8.00. The Morgan fingerprint density at radius 3 is 1.39 bits per heavy atom. The van der Waals surface area contributed by atoms with Crippen LogP contribution >= 0.6 is 0 Å². The van der Waals surface area contributed by atoms with Crippen molar-refractivity contribution in [3.05, 3.63) is 65.2 Å². The predicted octanol–water partition coefficient (Wildman–Crippen LogP) is 13.3. The molecule has 0 N–H and O–H groups in total. The highest BCUT2D eigenvalue weighted by atomic mass is 16.5. The first-order valence-electron chi connectivity index (χ1n) is 24.1. The SMILES string of the molecule is CC(C)(C)C1CCOCC1.CC(C)(C)CCN1C(=O)c2ccccc2C1=O.CN1CC(C(C)(C)C)C1.CN1CCC(C(C)(C)C)CC1.Cc1ccc(OCCCC(C)(C)C)cc1. The van der Waals surface area contributed by atoms with Crippen molar-refractivity contribution in [2.45, 2.75) is 156 Å². The Hall–Kier alpha value is -2.74. The van der Waals surface area contributed by atoms with Gasteiger partial charge in [0.25, 0.3) is 11.8 Å². The van der Waals surface area contributed by atoms with Crippen LogP contribution in [0.2, 0.25) is 0 Å². The van der Waals surface area contributed by atoms with Crippen LogP contribution in [0.1, 0.15) is 175 Å². The smallest absolute Gasteiger partial charge is 0.261 e. The number of rotatable bonds is 6. The fraction of sp³-hybridized carbons (Fsp3) is 0.745. The van der Waals surface area contributed by atoms with Crippen molar-refractivity contribution in [1.82, 2.24) is 14.7 Å². The van der Waals surface area contributed by atoms with Crippen LogP contribution in [0, 0.1) is 51.8 Å². The van der Waals surface area contributed by atoms with Crippen molar-refractivity contribution >= 4 is 11.8 Å². The van der Waals surface area contributed by atoms with Crippen LogP contribution in [0.15, 0.2) is 48.5 Å². The fourth-order valence-electron chi connectivity index (χ4n) is 8.00. The molecule has 0 saturated carbocycles. The average Bonchev–Trinajstić information content (AvgIpc) is 3.40. The number of carbonyl (C=O) groups excluding carboxylic acids is 2. The lowest BCUT2D eigenvalue weighted by Gasteiger charge is -2.44. The molecule has 2 amide bonds. The van der Waals surface area contributed by atoms with E-state index in [1.807, 2.05) is 12.1 Å². The van der Waals surface area contributed by atoms with Gasteiger partial charge >= 0.3 is 0 Å². The molecule has 0 spiro atoms. The molecule has 7 heteroatoms. The molecule has 2 aromatic rings. The first-order valence-corrected chi connectivity index (χ1v) is 24.1. The Labute approximate surface area is 382 Å². The second kappa shape index (κ2) is 24.5. The largest absolute Gasteiger partial charge is 0.494 e. The summed E-state index contributed by atoms with van der Waals surface area (Å²) in [6, 6.07) is 15.2. The summed E-state index contributed by atoms with van der Waals surface area (Å²) in [5, 5.41) is 0. The molecule has 4 aliphatic rings. The molecule has 4 aliphatic heterocycles. The number of likely N-dealkylation sites (tertiary alicyclic amines) is 2. The van der Waals surface area contributed by atoms with Crippen molar-refractivity contribution in [2.24, 2.45) is 44.8 Å². The summed E-state index contributed by atoms with van der Waals surface area (Å²) in [6.45, 7) is 44.7. The van der Waals surface area contributed by atoms with Gasteiger partial charge in [0, 0.05) is 32.8 Å². The Bertz CT molecular complexity index is 1540. The molecule has 2 aromatic carbocycles. The van der Waals surface area contributed by atoms with Gasteiger partial charge in [0.2, 0.25) is 0 Å². The minimum Gasteiger partial charge on any atom is -0.494 e. The van der Waals surface area contributed by atoms with Crippen LogP contribution in [-0.4, -0.2) is 93.2 Å². The van der Waals surface area contributed by atoms with E-state index in [2.05, 4.69) is 147 Å². The lowest BCUT2D eigenvalue weighted by Crippen LogP contribution is -2.49. The van der Waals surface area contributed by atoms with Crippen molar-refractivity contribution in [1.29, 1.82) is 0 Å². The summed E-state index contributed by atoms with van der Waals surface area (Å²) < 4.78 is 11.0. The van der Waals surface area contributed by atoms with Crippen molar-refractivity contribution in [3.63, 3.8) is 0 Å². The van der Waals surface area contributed by atoms with Crippen LogP contribution in [0.5, 0.6) is 5.75 Å². The molecule has 62 heavy (non-hydrogen) atoms. The minimum atomic E-state index is -0.158. The van der Waals surface area contributed by atoms with E-state index in [4.69, 9.17) is 9.47 Å². The topological polar surface area (TPSA) is 62.3 Å². The van der Waals surface area contributed by atoms with Crippen LogP contribution in [0.4, 0.5) is 0 Å². The van der Waals surface area contributed by atoms with Crippen molar-refractivity contribution < 1.29 is 19.1 Å². The van der Waals surface area contributed by atoms with Gasteiger partial charge in [0.15, 0.2) is 0 Å². The number of hydrogen-bond donors (Lipinski definition) is 0. The first-order chi connectivity index (χ1) is 28.5. The zero-order valence-electron chi connectivity index (χ0n) is 43.4. The molecule has 0 aromatic heterocycles. The van der Waals surface area contributed by atoms with Gasteiger partial charge in [-0.05, 0) is 148 Å². The second-order valence-corrected chi connectivity index (χ2v) is 24.4. The maximum absolute atomic E-state index is 12.0. The Kier molecular flexibility index (Phi) is 21.9. The number of imide groups is 1. The molecule has 3 fully saturated rings. The van der Waals surface area contributed by atoms with Gasteiger partial charge in [-0.25, -0.2) is 0 Å². The summed E-state index contributed by atoms with van der Waals surface area (Å²) in [4.78, 5) is 30.2. The summed E-state index contributed by atoms with van der Waals surface area (Å²) in [6.07, 6.45) is 8.43. The molecule has 0 radical (unpaired) electrons. The van der Waals surface area contributed by atoms with E-state index in [9.17, 15) is 9.59 Å². The van der Waals surface area contributed by atoms with E-state index in [1.165, 1.54) is 68.7 Å². The summed E-state index contributed by atoms with van der Waals surface area (Å²) in [7, 11) is 4.40. The number of nitrogens with zero attached hydrogens (tertiary/aromatic N) is 3. The van der Waals surface area contributed by atoms with E-state index in [-0.39, 0.29) is 17.2 Å². The number of ether oxygens (including phenoxy) is 2. The molecule has 7 nitrogen and oxygen atoms in total. The Morgan fingerprint density at radius 1 is 0.581 bits per heavy atom. The molecule has 0 bridgehead atoms. The molecule has 0 aliphatic carbocycles. The van der Waals surface area contributed by atoms with Crippen LogP contribution in [0.3, 0.4) is 0 Å². The Balaban J connectivity index is 0.000000272. The van der Waals surface area contributed by atoms with E-state index in [0.29, 0.717) is 39.3 Å². The molecule has 3 saturated heterocycles. The maximum atomic E-state index is 12.0. The monoisotopic (exact) mass is 862 g/mol. The molecule has 0 unspecified atom stereocenters. The third kappa shape index (κ3) is 21.3. The van der Waals surface area contributed by atoms with Gasteiger partial charge in [-0.1, -0.05) is 134 Å². The number of amides is 2. The number of piperidine rings is 1. The number of hydrogen-bond acceptors (Lipinski definition) is 6. The van der Waals surface area contributed by atoms with Crippen molar-refractivity contribution in [3.8, 4) is 5.75 Å². The van der Waals surface area contributed by atoms with E-state index >= 15 is 0 Å². The van der Waals surface area contributed by atoms with E-state index < -0.39 is 0 Å². The maximum Gasteiger partial charge on any atom is 0.261 e. The highest BCUT2D eigenvalue weighted by molar-refractivity contribution is 6.21. The first kappa shape index (κ1) is 55.4. The van der Waals surface area contributed by atoms with Crippen molar-refractivity contribution in [2.75, 3.05) is 66.6 Å². The highest BCUT2D eigenvalue weighted by Gasteiger charge is 2.36. The number of aryl methyl sites for hydroxylation is 1. The third-order valence-electron chi connectivity index (χ3n) is 13.0. The highest BCUT2D eigenvalue weighted by Crippen LogP contribution is 2.35. The lowest BCUT2D eigenvalue weighted by molar-refractivity contribution is 0.0286. The zero-order valence-corrected chi connectivity index (χ0v) is 43.4. The number of benzene rings is 2. The number of fused-ring (bicyclic) bond motifs is 1. The van der Waals surface area contributed by atoms with Gasteiger partial charge in [0.1, 0.15) is 5.75 Å². The molecular weight excluding hydrogens is 767 g/mol. The molecule has 4 heterocycles. The standard InChI is InChI=1S/C14H17NO2.C14H22O.C10H21N.C9H18O.C8H17N/c1-14(2,3)8-9-15-12(16)10-6-4-5-7-11(10)13(15)17;1-12-6-8-13(9-7-12)15-11-5-10-14(2,3)4;1-10(2,3)9-5-7-11(4)8-6-9;1-9(2,3)8-4-6-10-7-5-8;1-8(2,3)7-5-9(4)6-7/h4-7H,8-9H2,1-3H3;6-9H,5,10-11H2,1-4H3;9H,5-8H2,1-4H3;8H,4-7H2,1-3H3;7H,5-6H2,1-4H3. The third-order valence-corrected chi connectivity index (χ3v) is 13.0. The van der Waals surface area contributed by atoms with Gasteiger partial charge in [0.05, 0.1) is 17.7 Å². The van der Waals surface area contributed by atoms with Gasteiger partial charge < -0.3 is 19.3 Å². The molecular formula is C55H95N3O4. The van der Waals surface area contributed by atoms with Crippen LogP contribution in [0.25, 0.3) is 0 Å². The van der Waals surface area contributed by atoms with Gasteiger partial charge in [-0.2, -0.15) is 0 Å². The van der Waals surface area contributed by atoms with E-state index in [0.717, 1.165) is 56.2 Å². The summed E-state index contributed by atoms with van der Waals surface area (Å²) in [5.41, 5.74) is 4.43. The summed E-state index contributed by atoms with van der Waals surface area (Å²) in [5.74, 6) is 3.42. The predicted molar refractivity (Wildman–Crippen MR) is 264 cm³/mol. The molecule has 354 valence electrons. The minimum absolute atomic E-state index is 0.120. The van der Waals surface area contributed by atoms with Gasteiger partial charge in [-0.3, -0.25) is 14.5 Å². The van der Waals surface area contributed by atoms with E-state index in [1.54, 1.807) is 24.3 Å². The lowest BCUT2D eigenvalue weighted by atomic mass is 9.75. The number of carbonyl (C=O) groups is 2. The average molecular weight is 862 g/mol. The normalized spacial score (nSPS) is 18.5. The quantitative estimate of drug-likeness (QED) is 0.213. The Morgan fingerprint density at radius 2 is 1.02 bits per heavy atom. The summed E-state index contributed by atoms with van der Waals surface area (Å²) >= 11 is 0. The van der Waals surface area contributed by atoms with Crippen LogP contribution in [-0.2, 0) is 4.74 Å². The molecule has 6 rings (SSSR count). The zero-order chi connectivity index (χ0) is 47.1.